The van der Waals surface area contributed by atoms with Gasteiger partial charge in [0.1, 0.15) is 0 Å². The van der Waals surface area contributed by atoms with Crippen LogP contribution >= 0.6 is 0 Å². The van der Waals surface area contributed by atoms with Gasteiger partial charge >= 0.3 is 0 Å². The van der Waals surface area contributed by atoms with E-state index in [0.29, 0.717) is 12.1 Å². The first-order valence-electron chi connectivity index (χ1n) is 6.80. The number of rotatable bonds is 6. The Labute approximate surface area is 104 Å². The second kappa shape index (κ2) is 6.22. The molecule has 2 rings (SSSR count). The van der Waals surface area contributed by atoms with Crippen LogP contribution in [0.3, 0.4) is 0 Å². The van der Waals surface area contributed by atoms with Crippen LogP contribution in [0.2, 0.25) is 0 Å². The summed E-state index contributed by atoms with van der Waals surface area (Å²) in [5.74, 6) is 0. The Morgan fingerprint density at radius 2 is 2.47 bits per heavy atom. The predicted molar refractivity (Wildman–Crippen MR) is 70.0 cm³/mol. The molecule has 0 aliphatic carbocycles. The molecule has 3 heteroatoms. The van der Waals surface area contributed by atoms with Gasteiger partial charge in [0.2, 0.25) is 0 Å². The first-order chi connectivity index (χ1) is 8.31. The predicted octanol–water partition coefficient (Wildman–Crippen LogP) is 2.80. The molecule has 0 aromatic carbocycles. The molecule has 0 bridgehead atoms. The van der Waals surface area contributed by atoms with Gasteiger partial charge in [-0.25, -0.2) is 0 Å². The Morgan fingerprint density at radius 3 is 3.06 bits per heavy atom. The summed E-state index contributed by atoms with van der Waals surface area (Å²) in [6.07, 6.45) is 7.48. The van der Waals surface area contributed by atoms with E-state index < -0.39 is 0 Å². The Kier molecular flexibility index (Phi) is 4.63. The van der Waals surface area contributed by atoms with Crippen molar-refractivity contribution in [1.29, 1.82) is 0 Å². The van der Waals surface area contributed by atoms with Crippen molar-refractivity contribution in [1.82, 2.24) is 10.2 Å². The van der Waals surface area contributed by atoms with Crippen LogP contribution in [0.1, 0.15) is 44.7 Å². The molecule has 96 valence electrons. The average Bonchev–Trinajstić information content (AvgIpc) is 3.00. The Balaban J connectivity index is 1.95. The minimum absolute atomic E-state index is 0.455. The van der Waals surface area contributed by atoms with E-state index in [1.807, 2.05) is 6.26 Å². The first-order valence-corrected chi connectivity index (χ1v) is 6.80. The molecule has 1 N–H and O–H groups in total. The zero-order valence-electron chi connectivity index (χ0n) is 11.0. The molecule has 2 heterocycles. The van der Waals surface area contributed by atoms with Gasteiger partial charge in [0.25, 0.3) is 0 Å². The highest BCUT2D eigenvalue weighted by Gasteiger charge is 2.22. The lowest BCUT2D eigenvalue weighted by Crippen LogP contribution is -2.39. The minimum Gasteiger partial charge on any atom is -0.472 e. The van der Waals surface area contributed by atoms with Crippen molar-refractivity contribution in [3.05, 3.63) is 24.2 Å². The van der Waals surface area contributed by atoms with Crippen molar-refractivity contribution >= 4 is 0 Å². The lowest BCUT2D eigenvalue weighted by Gasteiger charge is -2.30. The monoisotopic (exact) mass is 236 g/mol. The highest BCUT2D eigenvalue weighted by atomic mass is 16.3. The molecule has 17 heavy (non-hydrogen) atoms. The zero-order valence-corrected chi connectivity index (χ0v) is 11.0. The zero-order chi connectivity index (χ0) is 12.1. The molecule has 0 radical (unpaired) electrons. The highest BCUT2D eigenvalue weighted by molar-refractivity contribution is 5.10. The van der Waals surface area contributed by atoms with Crippen LogP contribution in [-0.4, -0.2) is 30.6 Å². The lowest BCUT2D eigenvalue weighted by atomic mass is 10.1. The molecular weight excluding hydrogens is 212 g/mol. The topological polar surface area (TPSA) is 28.4 Å². The van der Waals surface area contributed by atoms with Gasteiger partial charge < -0.3 is 9.73 Å². The van der Waals surface area contributed by atoms with E-state index >= 15 is 0 Å². The maximum Gasteiger partial charge on any atom is 0.0950 e. The van der Waals surface area contributed by atoms with Crippen LogP contribution in [0, 0.1) is 0 Å². The van der Waals surface area contributed by atoms with Crippen molar-refractivity contribution in [2.75, 3.05) is 19.6 Å². The van der Waals surface area contributed by atoms with Gasteiger partial charge in [-0.3, -0.25) is 4.90 Å². The number of hydrogen-bond donors (Lipinski definition) is 1. The molecule has 1 aliphatic rings. The van der Waals surface area contributed by atoms with Crippen LogP contribution in [0.15, 0.2) is 23.0 Å². The normalized spacial score (nSPS) is 22.2. The summed E-state index contributed by atoms with van der Waals surface area (Å²) < 4.78 is 5.19. The molecule has 0 amide bonds. The third-order valence-electron chi connectivity index (χ3n) is 3.70. The van der Waals surface area contributed by atoms with E-state index in [1.165, 1.54) is 31.4 Å². The molecule has 1 fully saturated rings. The molecule has 1 aliphatic heterocycles. The SMILES string of the molecule is CCCN(CC1CCCN1)C(C)c1ccoc1. The van der Waals surface area contributed by atoms with E-state index in [-0.39, 0.29) is 0 Å². The molecule has 1 saturated heterocycles. The Hall–Kier alpha value is -0.800. The second-order valence-electron chi connectivity index (χ2n) is 5.02. The van der Waals surface area contributed by atoms with Crippen molar-refractivity contribution in [2.24, 2.45) is 0 Å². The fourth-order valence-corrected chi connectivity index (χ4v) is 2.65. The van der Waals surface area contributed by atoms with Crippen LogP contribution in [0.5, 0.6) is 0 Å². The van der Waals surface area contributed by atoms with Gasteiger partial charge in [-0.05, 0) is 45.3 Å². The van der Waals surface area contributed by atoms with Gasteiger partial charge in [0.15, 0.2) is 0 Å². The van der Waals surface area contributed by atoms with Crippen LogP contribution in [-0.2, 0) is 0 Å². The fourth-order valence-electron chi connectivity index (χ4n) is 2.65. The molecule has 2 atom stereocenters. The van der Waals surface area contributed by atoms with Gasteiger partial charge in [0.05, 0.1) is 12.5 Å². The lowest BCUT2D eigenvalue weighted by molar-refractivity contribution is 0.192. The van der Waals surface area contributed by atoms with Gasteiger partial charge in [0, 0.05) is 24.2 Å². The smallest absolute Gasteiger partial charge is 0.0950 e. The summed E-state index contributed by atoms with van der Waals surface area (Å²) in [6, 6.07) is 3.21. The Bertz CT molecular complexity index is 304. The first kappa shape index (κ1) is 12.7. The van der Waals surface area contributed by atoms with Crippen molar-refractivity contribution in [3.8, 4) is 0 Å². The van der Waals surface area contributed by atoms with Crippen molar-refractivity contribution in [3.63, 3.8) is 0 Å². The minimum atomic E-state index is 0.455. The van der Waals surface area contributed by atoms with Gasteiger partial charge in [-0.1, -0.05) is 6.92 Å². The van der Waals surface area contributed by atoms with Crippen molar-refractivity contribution < 1.29 is 4.42 Å². The summed E-state index contributed by atoms with van der Waals surface area (Å²) >= 11 is 0. The molecular formula is C14H24N2O. The van der Waals surface area contributed by atoms with Crippen LogP contribution < -0.4 is 5.32 Å². The summed E-state index contributed by atoms with van der Waals surface area (Å²) in [6.45, 7) is 8.02. The van der Waals surface area contributed by atoms with E-state index in [4.69, 9.17) is 4.42 Å². The summed E-state index contributed by atoms with van der Waals surface area (Å²) in [4.78, 5) is 2.56. The van der Waals surface area contributed by atoms with E-state index in [9.17, 15) is 0 Å². The maximum atomic E-state index is 5.19. The molecule has 0 saturated carbocycles. The van der Waals surface area contributed by atoms with Crippen LogP contribution in [0.25, 0.3) is 0 Å². The number of nitrogens with one attached hydrogen (secondary N) is 1. The molecule has 1 aromatic rings. The summed E-state index contributed by atoms with van der Waals surface area (Å²) in [7, 11) is 0. The van der Waals surface area contributed by atoms with Crippen LogP contribution in [0.4, 0.5) is 0 Å². The average molecular weight is 236 g/mol. The molecule has 3 nitrogen and oxygen atoms in total. The largest absolute Gasteiger partial charge is 0.472 e. The number of nitrogens with zero attached hydrogens (tertiary/aromatic N) is 1. The van der Waals surface area contributed by atoms with Gasteiger partial charge in [-0.15, -0.1) is 0 Å². The van der Waals surface area contributed by atoms with E-state index in [1.54, 1.807) is 6.26 Å². The van der Waals surface area contributed by atoms with Gasteiger partial charge in [-0.2, -0.15) is 0 Å². The quantitative estimate of drug-likeness (QED) is 0.823. The number of hydrogen-bond acceptors (Lipinski definition) is 3. The summed E-state index contributed by atoms with van der Waals surface area (Å²) in [5.41, 5.74) is 1.29. The third kappa shape index (κ3) is 3.33. The summed E-state index contributed by atoms with van der Waals surface area (Å²) in [5, 5.41) is 3.58. The molecule has 1 aromatic heterocycles. The fraction of sp³-hybridized carbons (Fsp3) is 0.714. The molecule has 2 unspecified atom stereocenters. The second-order valence-corrected chi connectivity index (χ2v) is 5.02. The van der Waals surface area contributed by atoms with Crippen molar-refractivity contribution in [2.45, 2.75) is 45.2 Å². The standard InChI is InChI=1S/C14H24N2O/c1-3-8-16(10-14-5-4-7-15-14)12(2)13-6-9-17-11-13/h6,9,11-12,14-15H,3-5,7-8,10H2,1-2H3. The van der Waals surface area contributed by atoms with E-state index in [0.717, 1.165) is 13.1 Å². The third-order valence-corrected chi connectivity index (χ3v) is 3.70. The molecule has 0 spiro atoms. The highest BCUT2D eigenvalue weighted by Crippen LogP contribution is 2.22. The number of furan rings is 1. The Morgan fingerprint density at radius 1 is 1.59 bits per heavy atom. The van der Waals surface area contributed by atoms with E-state index in [2.05, 4.69) is 30.1 Å². The maximum absolute atomic E-state index is 5.19.